The molecule has 27 heavy (non-hydrogen) atoms. The van der Waals surface area contributed by atoms with Crippen LogP contribution in [0.15, 0.2) is 36.4 Å². The van der Waals surface area contributed by atoms with E-state index in [0.717, 1.165) is 11.8 Å². The number of carbonyl (C=O) groups excluding carboxylic acids is 1. The SMILES string of the molecule is Cc1ccc([N+](=O)[O-])cc1NC(=O)c1ccc2c(c1)CC(C)N2S(C)(=O)=O. The number of nitro groups is 1. The minimum atomic E-state index is -3.40. The molecule has 0 saturated heterocycles. The highest BCUT2D eigenvalue weighted by Crippen LogP contribution is 2.35. The lowest BCUT2D eigenvalue weighted by Crippen LogP contribution is -2.34. The van der Waals surface area contributed by atoms with Crippen LogP contribution in [0.4, 0.5) is 17.1 Å². The first-order chi connectivity index (χ1) is 12.6. The highest BCUT2D eigenvalue weighted by atomic mass is 32.2. The first-order valence-electron chi connectivity index (χ1n) is 8.26. The lowest BCUT2D eigenvalue weighted by Gasteiger charge is -2.21. The van der Waals surface area contributed by atoms with Gasteiger partial charge in [0.2, 0.25) is 10.0 Å². The summed E-state index contributed by atoms with van der Waals surface area (Å²) in [5.41, 5.74) is 2.67. The van der Waals surface area contributed by atoms with Gasteiger partial charge in [-0.2, -0.15) is 0 Å². The van der Waals surface area contributed by atoms with Crippen molar-refractivity contribution in [3.05, 3.63) is 63.2 Å². The van der Waals surface area contributed by atoms with Crippen LogP contribution in [-0.2, 0) is 16.4 Å². The predicted molar refractivity (Wildman–Crippen MR) is 103 cm³/mol. The van der Waals surface area contributed by atoms with E-state index in [1.54, 1.807) is 31.2 Å². The zero-order valence-electron chi connectivity index (χ0n) is 15.1. The van der Waals surface area contributed by atoms with Crippen LogP contribution in [0.25, 0.3) is 0 Å². The van der Waals surface area contributed by atoms with Gasteiger partial charge < -0.3 is 5.32 Å². The van der Waals surface area contributed by atoms with Crippen molar-refractivity contribution in [3.8, 4) is 0 Å². The maximum absolute atomic E-state index is 12.6. The van der Waals surface area contributed by atoms with Crippen LogP contribution in [0.5, 0.6) is 0 Å². The molecule has 9 heteroatoms. The van der Waals surface area contributed by atoms with Gasteiger partial charge in [-0.3, -0.25) is 19.2 Å². The third kappa shape index (κ3) is 3.63. The van der Waals surface area contributed by atoms with Crippen LogP contribution in [0.3, 0.4) is 0 Å². The maximum atomic E-state index is 12.6. The molecule has 0 fully saturated rings. The van der Waals surface area contributed by atoms with Gasteiger partial charge in [0.25, 0.3) is 11.6 Å². The number of sulfonamides is 1. The Kier molecular flexibility index (Phi) is 4.64. The van der Waals surface area contributed by atoms with Crippen molar-refractivity contribution in [2.75, 3.05) is 15.9 Å². The summed E-state index contributed by atoms with van der Waals surface area (Å²) in [4.78, 5) is 23.0. The zero-order valence-corrected chi connectivity index (χ0v) is 15.9. The Morgan fingerprint density at radius 2 is 1.96 bits per heavy atom. The van der Waals surface area contributed by atoms with Gasteiger partial charge in [0.05, 0.1) is 22.6 Å². The Morgan fingerprint density at radius 1 is 1.26 bits per heavy atom. The Labute approximate surface area is 157 Å². The zero-order chi connectivity index (χ0) is 19.9. The van der Waals surface area contributed by atoms with Gasteiger partial charge in [-0.05, 0) is 49.6 Å². The fourth-order valence-corrected chi connectivity index (χ4v) is 4.57. The predicted octanol–water partition coefficient (Wildman–Crippen LogP) is 2.87. The van der Waals surface area contributed by atoms with E-state index in [0.29, 0.717) is 28.9 Å². The summed E-state index contributed by atoms with van der Waals surface area (Å²) in [5, 5.41) is 13.6. The molecule has 1 amide bonds. The monoisotopic (exact) mass is 389 g/mol. The molecule has 0 radical (unpaired) electrons. The summed E-state index contributed by atoms with van der Waals surface area (Å²) in [6, 6.07) is 8.88. The Hall–Kier alpha value is -2.94. The molecule has 8 nitrogen and oxygen atoms in total. The molecule has 1 atom stereocenters. The molecule has 1 heterocycles. The van der Waals surface area contributed by atoms with Crippen molar-refractivity contribution in [2.24, 2.45) is 0 Å². The summed E-state index contributed by atoms with van der Waals surface area (Å²) < 4.78 is 25.3. The van der Waals surface area contributed by atoms with Crippen LogP contribution in [0.1, 0.15) is 28.4 Å². The van der Waals surface area contributed by atoms with Crippen LogP contribution >= 0.6 is 0 Å². The number of anilines is 2. The number of nitro benzene ring substituents is 1. The van der Waals surface area contributed by atoms with E-state index in [2.05, 4.69) is 5.32 Å². The molecule has 0 saturated carbocycles. The summed E-state index contributed by atoms with van der Waals surface area (Å²) in [5.74, 6) is -0.410. The van der Waals surface area contributed by atoms with Gasteiger partial charge in [-0.1, -0.05) is 6.07 Å². The van der Waals surface area contributed by atoms with Gasteiger partial charge in [-0.25, -0.2) is 8.42 Å². The molecule has 2 aromatic carbocycles. The molecule has 0 spiro atoms. The minimum Gasteiger partial charge on any atom is -0.321 e. The van der Waals surface area contributed by atoms with E-state index in [1.165, 1.54) is 16.4 Å². The summed E-state index contributed by atoms with van der Waals surface area (Å²) in [7, 11) is -3.40. The van der Waals surface area contributed by atoms with Crippen LogP contribution in [0.2, 0.25) is 0 Å². The first kappa shape index (κ1) is 18.8. The van der Waals surface area contributed by atoms with Crippen LogP contribution in [-0.4, -0.2) is 31.5 Å². The topological polar surface area (TPSA) is 110 Å². The number of hydrogen-bond acceptors (Lipinski definition) is 5. The number of nitrogens with one attached hydrogen (secondary N) is 1. The van der Waals surface area contributed by atoms with Gasteiger partial charge in [0, 0.05) is 23.7 Å². The number of non-ortho nitro benzene ring substituents is 1. The Morgan fingerprint density at radius 3 is 2.59 bits per heavy atom. The Bertz CT molecular complexity index is 1050. The summed E-state index contributed by atoms with van der Waals surface area (Å²) in [6.45, 7) is 3.56. The van der Waals surface area contributed by atoms with E-state index < -0.39 is 20.9 Å². The lowest BCUT2D eigenvalue weighted by molar-refractivity contribution is -0.384. The average molecular weight is 389 g/mol. The number of aryl methyl sites for hydroxylation is 1. The van der Waals surface area contributed by atoms with Gasteiger partial charge in [-0.15, -0.1) is 0 Å². The molecular formula is C18H19N3O5S. The first-order valence-corrected chi connectivity index (χ1v) is 10.1. The molecule has 3 rings (SSSR count). The number of carbonyl (C=O) groups is 1. The van der Waals surface area contributed by atoms with E-state index in [1.807, 2.05) is 6.92 Å². The number of hydrogen-bond donors (Lipinski definition) is 1. The minimum absolute atomic E-state index is 0.109. The second kappa shape index (κ2) is 6.66. The highest BCUT2D eigenvalue weighted by Gasteiger charge is 2.32. The van der Waals surface area contributed by atoms with E-state index >= 15 is 0 Å². The number of nitrogens with zero attached hydrogens (tertiary/aromatic N) is 2. The molecular weight excluding hydrogens is 370 g/mol. The van der Waals surface area contributed by atoms with Crippen LogP contribution in [0, 0.1) is 17.0 Å². The van der Waals surface area contributed by atoms with E-state index in [9.17, 15) is 23.3 Å². The largest absolute Gasteiger partial charge is 0.321 e. The molecule has 1 aliphatic heterocycles. The summed E-state index contributed by atoms with van der Waals surface area (Å²) >= 11 is 0. The second-order valence-corrected chi connectivity index (χ2v) is 8.53. The molecule has 1 aliphatic rings. The normalized spacial score (nSPS) is 16.1. The standard InChI is InChI=1S/C18H19N3O5S/c1-11-4-6-15(21(23)24)10-16(11)19-18(22)13-5-7-17-14(9-13)8-12(2)20(17)27(3,25)26/h4-7,9-10,12H,8H2,1-3H3,(H,19,22). The third-order valence-corrected chi connectivity index (χ3v) is 5.80. The average Bonchev–Trinajstić information content (AvgIpc) is 2.91. The lowest BCUT2D eigenvalue weighted by atomic mass is 10.1. The maximum Gasteiger partial charge on any atom is 0.271 e. The molecule has 2 aromatic rings. The van der Waals surface area contributed by atoms with Crippen LogP contribution < -0.4 is 9.62 Å². The molecule has 0 aliphatic carbocycles. The fourth-order valence-electron chi connectivity index (χ4n) is 3.30. The van der Waals surface area contributed by atoms with Crippen molar-refractivity contribution in [1.29, 1.82) is 0 Å². The van der Waals surface area contributed by atoms with Gasteiger partial charge in [0.1, 0.15) is 0 Å². The number of amides is 1. The Balaban J connectivity index is 1.89. The molecule has 1 unspecified atom stereocenters. The van der Waals surface area contributed by atoms with E-state index in [4.69, 9.17) is 0 Å². The number of rotatable bonds is 4. The van der Waals surface area contributed by atoms with Crippen molar-refractivity contribution >= 4 is 33.0 Å². The molecule has 1 N–H and O–H groups in total. The number of benzene rings is 2. The van der Waals surface area contributed by atoms with Crippen molar-refractivity contribution in [3.63, 3.8) is 0 Å². The molecule has 0 bridgehead atoms. The summed E-state index contributed by atoms with van der Waals surface area (Å²) in [6.07, 6.45) is 1.67. The third-order valence-electron chi connectivity index (χ3n) is 4.53. The highest BCUT2D eigenvalue weighted by molar-refractivity contribution is 7.92. The smallest absolute Gasteiger partial charge is 0.271 e. The fraction of sp³-hybridized carbons (Fsp3) is 0.278. The number of fused-ring (bicyclic) bond motifs is 1. The van der Waals surface area contributed by atoms with Gasteiger partial charge in [0.15, 0.2) is 0 Å². The quantitative estimate of drug-likeness (QED) is 0.639. The van der Waals surface area contributed by atoms with Crippen molar-refractivity contribution in [1.82, 2.24) is 0 Å². The second-order valence-electron chi connectivity index (χ2n) is 6.67. The van der Waals surface area contributed by atoms with Gasteiger partial charge >= 0.3 is 0 Å². The van der Waals surface area contributed by atoms with E-state index in [-0.39, 0.29) is 11.7 Å². The molecule has 142 valence electrons. The van der Waals surface area contributed by atoms with Crippen molar-refractivity contribution in [2.45, 2.75) is 26.3 Å². The molecule has 0 aromatic heterocycles. The van der Waals surface area contributed by atoms with Crippen molar-refractivity contribution < 1.29 is 18.1 Å².